The molecule has 1 aromatic heterocycles. The van der Waals surface area contributed by atoms with Gasteiger partial charge in [-0.1, -0.05) is 11.6 Å². The van der Waals surface area contributed by atoms with E-state index < -0.39 is 0 Å². The van der Waals surface area contributed by atoms with Crippen LogP contribution >= 0.6 is 11.6 Å². The van der Waals surface area contributed by atoms with Gasteiger partial charge < -0.3 is 0 Å². The van der Waals surface area contributed by atoms with Crippen molar-refractivity contribution in [2.24, 2.45) is 0 Å². The highest BCUT2D eigenvalue weighted by atomic mass is 35.5. The van der Waals surface area contributed by atoms with Gasteiger partial charge in [-0.25, -0.2) is 4.79 Å². The van der Waals surface area contributed by atoms with Crippen molar-refractivity contribution in [3.8, 4) is 0 Å². The summed E-state index contributed by atoms with van der Waals surface area (Å²) in [6, 6.07) is 5.94. The molecule has 0 saturated carbocycles. The maximum atomic E-state index is 13.0. The zero-order valence-corrected chi connectivity index (χ0v) is 15.4. The van der Waals surface area contributed by atoms with Crippen LogP contribution in [0.1, 0.15) is 52.0 Å². The number of halogens is 1. The minimum Gasteiger partial charge on any atom is -0.298 e. The van der Waals surface area contributed by atoms with Gasteiger partial charge in [0.1, 0.15) is 0 Å². The molecule has 2 aliphatic rings. The van der Waals surface area contributed by atoms with Gasteiger partial charge in [0.05, 0.1) is 11.0 Å². The maximum absolute atomic E-state index is 13.0. The number of benzene rings is 1. The van der Waals surface area contributed by atoms with Crippen LogP contribution in [0.5, 0.6) is 0 Å². The highest BCUT2D eigenvalue weighted by molar-refractivity contribution is 6.31. The van der Waals surface area contributed by atoms with E-state index in [1.54, 1.807) is 0 Å². The number of nitrogens with zero attached hydrogens (tertiary/aromatic N) is 3. The highest BCUT2D eigenvalue weighted by Crippen LogP contribution is 2.41. The summed E-state index contributed by atoms with van der Waals surface area (Å²) in [5.74, 6) is 0. The van der Waals surface area contributed by atoms with Crippen molar-refractivity contribution in [1.29, 1.82) is 0 Å². The predicted octanol–water partition coefficient (Wildman–Crippen LogP) is 4.06. The summed E-state index contributed by atoms with van der Waals surface area (Å²) >= 11 is 6.21. The van der Waals surface area contributed by atoms with Crippen LogP contribution in [0.25, 0.3) is 11.0 Å². The lowest BCUT2D eigenvalue weighted by atomic mass is 9.90. The van der Waals surface area contributed by atoms with Crippen LogP contribution in [-0.2, 0) is 6.54 Å². The second-order valence-corrected chi connectivity index (χ2v) is 8.14. The van der Waals surface area contributed by atoms with Crippen molar-refractivity contribution in [2.75, 3.05) is 13.1 Å². The van der Waals surface area contributed by atoms with Crippen LogP contribution in [0.4, 0.5) is 0 Å². The van der Waals surface area contributed by atoms with Gasteiger partial charge in [-0.15, -0.1) is 0 Å². The molecule has 1 aromatic carbocycles. The number of fused-ring (bicyclic) bond motifs is 2. The Bertz CT molecular complexity index is 810. The van der Waals surface area contributed by atoms with E-state index in [0.29, 0.717) is 10.6 Å². The van der Waals surface area contributed by atoms with Crippen molar-refractivity contribution in [3.05, 3.63) is 33.7 Å². The summed E-state index contributed by atoms with van der Waals surface area (Å²) in [7, 11) is 0. The molecule has 0 N–H and O–H groups in total. The van der Waals surface area contributed by atoms with E-state index in [2.05, 4.69) is 18.7 Å². The molecule has 2 fully saturated rings. The molecule has 4 nitrogen and oxygen atoms in total. The fraction of sp³-hybridized carbons (Fsp3) is 0.632. The number of hydrogen-bond donors (Lipinski definition) is 0. The average Bonchev–Trinajstić information content (AvgIpc) is 3.15. The lowest BCUT2D eigenvalue weighted by Gasteiger charge is -2.32. The Kier molecular flexibility index (Phi) is 4.00. The monoisotopic (exact) mass is 347 g/mol. The maximum Gasteiger partial charge on any atom is 0.329 e. The molecule has 4 rings (SSSR count). The van der Waals surface area contributed by atoms with Gasteiger partial charge in [0, 0.05) is 23.1 Å². The first kappa shape index (κ1) is 16.2. The SMILES string of the molecule is CC(C)n1c(=O)n(CCC23CCCN2CCC3)c2cc(Cl)ccc21. The molecule has 130 valence electrons. The lowest BCUT2D eigenvalue weighted by molar-refractivity contribution is 0.174. The molecule has 0 aliphatic carbocycles. The molecule has 24 heavy (non-hydrogen) atoms. The zero-order valence-electron chi connectivity index (χ0n) is 14.6. The zero-order chi connectivity index (χ0) is 16.9. The number of aromatic nitrogens is 2. The Labute approximate surface area is 148 Å². The molecule has 2 aromatic rings. The quantitative estimate of drug-likeness (QED) is 0.835. The predicted molar refractivity (Wildman–Crippen MR) is 99.0 cm³/mol. The summed E-state index contributed by atoms with van der Waals surface area (Å²) in [4.78, 5) is 15.7. The molecule has 0 bridgehead atoms. The van der Waals surface area contributed by atoms with Gasteiger partial charge in [-0.2, -0.15) is 0 Å². The average molecular weight is 348 g/mol. The van der Waals surface area contributed by atoms with Gasteiger partial charge in [0.25, 0.3) is 0 Å². The third-order valence-electron chi connectivity index (χ3n) is 6.05. The van der Waals surface area contributed by atoms with Crippen LogP contribution in [0, 0.1) is 0 Å². The van der Waals surface area contributed by atoms with Crippen LogP contribution < -0.4 is 5.69 Å². The summed E-state index contributed by atoms with van der Waals surface area (Å²) in [5.41, 5.74) is 2.40. The number of rotatable bonds is 4. The fourth-order valence-corrected chi connectivity index (χ4v) is 5.09. The fourth-order valence-electron chi connectivity index (χ4n) is 4.92. The Morgan fingerprint density at radius 2 is 1.88 bits per heavy atom. The van der Waals surface area contributed by atoms with E-state index in [0.717, 1.165) is 24.0 Å². The molecule has 2 aliphatic heterocycles. The summed E-state index contributed by atoms with van der Waals surface area (Å²) < 4.78 is 3.84. The highest BCUT2D eigenvalue weighted by Gasteiger charge is 2.43. The van der Waals surface area contributed by atoms with Crippen LogP contribution in [-0.4, -0.2) is 32.7 Å². The smallest absolute Gasteiger partial charge is 0.298 e. The summed E-state index contributed by atoms with van der Waals surface area (Å²) in [6.07, 6.45) is 6.23. The molecule has 3 heterocycles. The first-order valence-electron chi connectivity index (χ1n) is 9.17. The van der Waals surface area contributed by atoms with Crippen LogP contribution in [0.3, 0.4) is 0 Å². The normalized spacial score (nSPS) is 20.3. The van der Waals surface area contributed by atoms with Gasteiger partial charge in [0.2, 0.25) is 0 Å². The van der Waals surface area contributed by atoms with Crippen molar-refractivity contribution < 1.29 is 0 Å². The van der Waals surface area contributed by atoms with Crippen molar-refractivity contribution >= 4 is 22.6 Å². The standard InChI is InChI=1S/C19H26ClN3O/c1-14(2)23-16-6-5-15(20)13-17(16)22(18(23)24)12-9-19-7-3-10-21(19)11-4-8-19/h5-6,13-14H,3-4,7-12H2,1-2H3. The van der Waals surface area contributed by atoms with E-state index in [9.17, 15) is 4.79 Å². The summed E-state index contributed by atoms with van der Waals surface area (Å²) in [5, 5.41) is 0.693. The molecule has 0 spiro atoms. The van der Waals surface area contributed by atoms with E-state index in [4.69, 9.17) is 11.6 Å². The molecule has 0 radical (unpaired) electrons. The molecular formula is C19H26ClN3O. The second-order valence-electron chi connectivity index (χ2n) is 7.70. The van der Waals surface area contributed by atoms with E-state index in [1.807, 2.05) is 27.3 Å². The van der Waals surface area contributed by atoms with Crippen molar-refractivity contribution in [2.45, 2.75) is 64.1 Å². The van der Waals surface area contributed by atoms with Crippen LogP contribution in [0.2, 0.25) is 5.02 Å². The van der Waals surface area contributed by atoms with Crippen molar-refractivity contribution in [1.82, 2.24) is 14.0 Å². The first-order chi connectivity index (χ1) is 11.5. The minimum absolute atomic E-state index is 0.0983. The van der Waals surface area contributed by atoms with Gasteiger partial charge in [-0.05, 0) is 77.2 Å². The Morgan fingerprint density at radius 3 is 2.54 bits per heavy atom. The second kappa shape index (κ2) is 5.92. The molecule has 0 unspecified atom stereocenters. The largest absolute Gasteiger partial charge is 0.329 e. The molecule has 0 amide bonds. The molecular weight excluding hydrogens is 322 g/mol. The molecule has 2 saturated heterocycles. The van der Waals surface area contributed by atoms with E-state index >= 15 is 0 Å². The lowest BCUT2D eigenvalue weighted by Crippen LogP contribution is -2.39. The molecule has 0 atom stereocenters. The first-order valence-corrected chi connectivity index (χ1v) is 9.55. The third kappa shape index (κ3) is 2.42. The minimum atomic E-state index is 0.0983. The van der Waals surface area contributed by atoms with E-state index in [-0.39, 0.29) is 11.7 Å². The number of hydrogen-bond acceptors (Lipinski definition) is 2. The van der Waals surface area contributed by atoms with Crippen LogP contribution in [0.15, 0.2) is 23.0 Å². The number of aryl methyl sites for hydroxylation is 1. The molecule has 5 heteroatoms. The Morgan fingerprint density at radius 1 is 1.17 bits per heavy atom. The summed E-state index contributed by atoms with van der Waals surface area (Å²) in [6.45, 7) is 7.37. The van der Waals surface area contributed by atoms with Gasteiger partial charge in [0.15, 0.2) is 0 Å². The van der Waals surface area contributed by atoms with Gasteiger partial charge >= 0.3 is 5.69 Å². The number of imidazole rings is 1. The topological polar surface area (TPSA) is 30.2 Å². The van der Waals surface area contributed by atoms with Gasteiger partial charge in [-0.3, -0.25) is 14.0 Å². The van der Waals surface area contributed by atoms with Crippen molar-refractivity contribution in [3.63, 3.8) is 0 Å². The third-order valence-corrected chi connectivity index (χ3v) is 6.29. The van der Waals surface area contributed by atoms with E-state index in [1.165, 1.54) is 38.8 Å². The Balaban J connectivity index is 1.72. The Hall–Kier alpha value is -1.26.